The maximum Gasteiger partial charge on any atom is 0.410 e. The number of hydrogen-bond donors (Lipinski definition) is 1. The van der Waals surface area contributed by atoms with E-state index in [0.29, 0.717) is 12.6 Å². The first-order valence-corrected chi connectivity index (χ1v) is 7.25. The Bertz CT molecular complexity index is 289. The van der Waals surface area contributed by atoms with Gasteiger partial charge in [0.1, 0.15) is 5.60 Å². The van der Waals surface area contributed by atoms with Crippen LogP contribution in [0.15, 0.2) is 0 Å². The van der Waals surface area contributed by atoms with Crippen LogP contribution in [0.5, 0.6) is 0 Å². The standard InChI is InChI=1S/C14H29N3O2/c1-12(6-7-15)16-8-5-9-17(11-10-16)13(18)19-14(2,3)4/h12H,5-11,15H2,1-4H3. The smallest absolute Gasteiger partial charge is 0.410 e. The SMILES string of the molecule is CC(CCN)N1CCCN(C(=O)OC(C)(C)C)CC1. The Morgan fingerprint density at radius 3 is 2.53 bits per heavy atom. The lowest BCUT2D eigenvalue weighted by Gasteiger charge is -2.28. The van der Waals surface area contributed by atoms with Crippen LogP contribution in [-0.2, 0) is 4.74 Å². The number of rotatable bonds is 3. The van der Waals surface area contributed by atoms with Crippen molar-refractivity contribution in [1.82, 2.24) is 9.80 Å². The summed E-state index contributed by atoms with van der Waals surface area (Å²) < 4.78 is 5.42. The lowest BCUT2D eigenvalue weighted by Crippen LogP contribution is -2.41. The van der Waals surface area contributed by atoms with Crippen molar-refractivity contribution in [3.63, 3.8) is 0 Å². The van der Waals surface area contributed by atoms with E-state index in [9.17, 15) is 4.79 Å². The van der Waals surface area contributed by atoms with Crippen LogP contribution in [0.3, 0.4) is 0 Å². The van der Waals surface area contributed by atoms with E-state index in [1.54, 1.807) is 0 Å². The van der Waals surface area contributed by atoms with Crippen LogP contribution in [0.25, 0.3) is 0 Å². The lowest BCUT2D eigenvalue weighted by atomic mass is 10.2. The fraction of sp³-hybridized carbons (Fsp3) is 0.929. The van der Waals surface area contributed by atoms with Crippen molar-refractivity contribution < 1.29 is 9.53 Å². The minimum absolute atomic E-state index is 0.194. The fourth-order valence-corrected chi connectivity index (χ4v) is 2.31. The normalized spacial score (nSPS) is 19.9. The number of carbonyl (C=O) groups is 1. The largest absolute Gasteiger partial charge is 0.444 e. The molecule has 1 aliphatic rings. The minimum atomic E-state index is -0.421. The van der Waals surface area contributed by atoms with Crippen LogP contribution in [0.1, 0.15) is 40.5 Å². The van der Waals surface area contributed by atoms with E-state index in [0.717, 1.165) is 39.0 Å². The highest BCUT2D eigenvalue weighted by atomic mass is 16.6. The molecule has 0 bridgehead atoms. The van der Waals surface area contributed by atoms with Gasteiger partial charge in [-0.15, -0.1) is 0 Å². The van der Waals surface area contributed by atoms with Gasteiger partial charge in [0.05, 0.1) is 0 Å². The van der Waals surface area contributed by atoms with E-state index in [1.165, 1.54) is 0 Å². The number of amides is 1. The summed E-state index contributed by atoms with van der Waals surface area (Å²) in [5, 5.41) is 0. The minimum Gasteiger partial charge on any atom is -0.444 e. The highest BCUT2D eigenvalue weighted by Gasteiger charge is 2.25. The Morgan fingerprint density at radius 2 is 1.95 bits per heavy atom. The second-order valence-corrected chi connectivity index (χ2v) is 6.28. The van der Waals surface area contributed by atoms with Gasteiger partial charge in [-0.05, 0) is 47.1 Å². The van der Waals surface area contributed by atoms with Gasteiger partial charge in [-0.1, -0.05) is 0 Å². The third-order valence-corrected chi connectivity index (χ3v) is 3.39. The van der Waals surface area contributed by atoms with Crippen LogP contribution in [0, 0.1) is 0 Å². The monoisotopic (exact) mass is 271 g/mol. The van der Waals surface area contributed by atoms with E-state index < -0.39 is 5.60 Å². The van der Waals surface area contributed by atoms with Gasteiger partial charge in [0.25, 0.3) is 0 Å². The van der Waals surface area contributed by atoms with E-state index >= 15 is 0 Å². The Balaban J connectivity index is 2.47. The maximum atomic E-state index is 12.0. The maximum absolute atomic E-state index is 12.0. The molecule has 2 N–H and O–H groups in total. The van der Waals surface area contributed by atoms with Gasteiger partial charge < -0.3 is 15.4 Å². The van der Waals surface area contributed by atoms with Gasteiger partial charge in [0, 0.05) is 32.2 Å². The quantitative estimate of drug-likeness (QED) is 0.848. The summed E-state index contributed by atoms with van der Waals surface area (Å²) in [4.78, 5) is 16.3. The van der Waals surface area contributed by atoms with E-state index in [-0.39, 0.29) is 6.09 Å². The zero-order chi connectivity index (χ0) is 14.5. The molecule has 0 spiro atoms. The number of hydrogen-bond acceptors (Lipinski definition) is 4. The summed E-state index contributed by atoms with van der Waals surface area (Å²) in [5.74, 6) is 0. The predicted molar refractivity (Wildman–Crippen MR) is 77.1 cm³/mol. The Kier molecular flexibility index (Phi) is 6.07. The van der Waals surface area contributed by atoms with Crippen LogP contribution < -0.4 is 5.73 Å². The summed E-state index contributed by atoms with van der Waals surface area (Å²) in [6.45, 7) is 12.1. The van der Waals surface area contributed by atoms with Gasteiger partial charge in [0.15, 0.2) is 0 Å². The molecule has 5 nitrogen and oxygen atoms in total. The summed E-state index contributed by atoms with van der Waals surface area (Å²) in [5.41, 5.74) is 5.19. The zero-order valence-electron chi connectivity index (χ0n) is 12.8. The van der Waals surface area contributed by atoms with Gasteiger partial charge in [-0.3, -0.25) is 4.90 Å². The highest BCUT2D eigenvalue weighted by molar-refractivity contribution is 5.68. The van der Waals surface area contributed by atoms with Crippen molar-refractivity contribution in [2.75, 3.05) is 32.7 Å². The number of nitrogens with zero attached hydrogens (tertiary/aromatic N) is 2. The number of ether oxygens (including phenoxy) is 1. The fourth-order valence-electron chi connectivity index (χ4n) is 2.31. The molecular weight excluding hydrogens is 242 g/mol. The molecule has 0 aromatic heterocycles. The molecule has 19 heavy (non-hydrogen) atoms. The molecule has 1 fully saturated rings. The first-order chi connectivity index (χ1) is 8.83. The highest BCUT2D eigenvalue weighted by Crippen LogP contribution is 2.13. The molecule has 112 valence electrons. The average molecular weight is 271 g/mol. The van der Waals surface area contributed by atoms with Gasteiger partial charge in [0.2, 0.25) is 0 Å². The van der Waals surface area contributed by atoms with E-state index in [4.69, 9.17) is 10.5 Å². The Hall–Kier alpha value is -0.810. The molecule has 1 amide bonds. The summed E-state index contributed by atoms with van der Waals surface area (Å²) in [6.07, 6.45) is 1.81. The summed E-state index contributed by atoms with van der Waals surface area (Å²) >= 11 is 0. The molecule has 0 aromatic carbocycles. The van der Waals surface area contributed by atoms with Crippen LogP contribution in [0.4, 0.5) is 4.79 Å². The van der Waals surface area contributed by atoms with Crippen LogP contribution in [-0.4, -0.2) is 60.3 Å². The average Bonchev–Trinajstić information content (AvgIpc) is 2.52. The van der Waals surface area contributed by atoms with E-state index in [1.807, 2.05) is 25.7 Å². The molecule has 0 saturated carbocycles. The molecule has 1 aliphatic heterocycles. The Labute approximate surface area is 117 Å². The van der Waals surface area contributed by atoms with E-state index in [2.05, 4.69) is 11.8 Å². The molecule has 1 unspecified atom stereocenters. The molecular formula is C14H29N3O2. The van der Waals surface area contributed by atoms with Crippen LogP contribution in [0.2, 0.25) is 0 Å². The number of nitrogens with two attached hydrogens (primary N) is 1. The molecule has 1 heterocycles. The molecule has 0 aliphatic carbocycles. The predicted octanol–water partition coefficient (Wildman–Crippen LogP) is 1.67. The second-order valence-electron chi connectivity index (χ2n) is 6.28. The third kappa shape index (κ3) is 5.78. The van der Waals surface area contributed by atoms with Crippen molar-refractivity contribution in [2.45, 2.75) is 52.2 Å². The molecule has 1 atom stereocenters. The van der Waals surface area contributed by atoms with Gasteiger partial charge in [-0.25, -0.2) is 4.79 Å². The summed E-state index contributed by atoms with van der Waals surface area (Å²) in [6, 6.07) is 0.489. The molecule has 0 radical (unpaired) electrons. The molecule has 0 aromatic rings. The van der Waals surface area contributed by atoms with Crippen LogP contribution >= 0.6 is 0 Å². The third-order valence-electron chi connectivity index (χ3n) is 3.39. The van der Waals surface area contributed by atoms with Crippen molar-refractivity contribution in [3.05, 3.63) is 0 Å². The molecule has 5 heteroatoms. The zero-order valence-corrected chi connectivity index (χ0v) is 12.8. The number of carbonyl (C=O) groups excluding carboxylic acids is 1. The first kappa shape index (κ1) is 16.2. The Morgan fingerprint density at radius 1 is 1.26 bits per heavy atom. The van der Waals surface area contributed by atoms with Crippen molar-refractivity contribution in [3.8, 4) is 0 Å². The molecule has 1 rings (SSSR count). The van der Waals surface area contributed by atoms with Crippen molar-refractivity contribution >= 4 is 6.09 Å². The first-order valence-electron chi connectivity index (χ1n) is 7.25. The van der Waals surface area contributed by atoms with Gasteiger partial charge >= 0.3 is 6.09 Å². The topological polar surface area (TPSA) is 58.8 Å². The van der Waals surface area contributed by atoms with Gasteiger partial charge in [-0.2, -0.15) is 0 Å². The molecule has 1 saturated heterocycles. The van der Waals surface area contributed by atoms with Crippen molar-refractivity contribution in [1.29, 1.82) is 0 Å². The summed E-state index contributed by atoms with van der Waals surface area (Å²) in [7, 11) is 0. The lowest BCUT2D eigenvalue weighted by molar-refractivity contribution is 0.0255. The second kappa shape index (κ2) is 7.10. The van der Waals surface area contributed by atoms with Crippen molar-refractivity contribution in [2.24, 2.45) is 5.73 Å².